The first-order valence-corrected chi connectivity index (χ1v) is 8.63. The van der Waals surface area contributed by atoms with Gasteiger partial charge in [-0.05, 0) is 23.1 Å². The number of benzene rings is 1. The van der Waals surface area contributed by atoms with Crippen LogP contribution in [-0.4, -0.2) is 39.1 Å². The van der Waals surface area contributed by atoms with Crippen LogP contribution >= 0.6 is 0 Å². The molecule has 1 rings (SSSR count). The van der Waals surface area contributed by atoms with Crippen molar-refractivity contribution in [2.24, 2.45) is 0 Å². The van der Waals surface area contributed by atoms with E-state index in [4.69, 9.17) is 5.11 Å². The van der Waals surface area contributed by atoms with Gasteiger partial charge in [0, 0.05) is 19.5 Å². The number of carbonyl (C=O) groups excluding carboxylic acids is 1. The number of aliphatic hydroxyl groups excluding tert-OH is 1. The van der Waals surface area contributed by atoms with E-state index in [0.717, 1.165) is 5.56 Å². The molecule has 0 heterocycles. The van der Waals surface area contributed by atoms with Gasteiger partial charge in [-0.2, -0.15) is 0 Å². The zero-order valence-electron chi connectivity index (χ0n) is 13.2. The second-order valence-corrected chi connectivity index (χ2v) is 7.76. The summed E-state index contributed by atoms with van der Waals surface area (Å²) in [5, 5.41) is 11.0. The van der Waals surface area contributed by atoms with E-state index in [2.05, 4.69) is 30.8 Å². The van der Waals surface area contributed by atoms with Gasteiger partial charge < -0.3 is 10.4 Å². The molecule has 0 aliphatic rings. The van der Waals surface area contributed by atoms with Crippen LogP contribution in [0.25, 0.3) is 0 Å². The van der Waals surface area contributed by atoms with E-state index in [1.165, 1.54) is 0 Å². The highest BCUT2D eigenvalue weighted by molar-refractivity contribution is 7.89. The van der Waals surface area contributed by atoms with Crippen molar-refractivity contribution in [1.82, 2.24) is 10.0 Å². The Labute approximate surface area is 132 Å². The molecule has 1 aromatic carbocycles. The molecule has 3 N–H and O–H groups in total. The molecule has 0 saturated heterocycles. The maximum Gasteiger partial charge on any atom is 0.240 e. The quantitative estimate of drug-likeness (QED) is 0.688. The van der Waals surface area contributed by atoms with E-state index in [-0.39, 0.29) is 42.3 Å². The molecule has 0 saturated carbocycles. The summed E-state index contributed by atoms with van der Waals surface area (Å²) in [6.07, 6.45) is 0.0271. The predicted molar refractivity (Wildman–Crippen MR) is 85.0 cm³/mol. The van der Waals surface area contributed by atoms with Gasteiger partial charge in [-0.3, -0.25) is 4.79 Å². The molecule has 0 fully saturated rings. The van der Waals surface area contributed by atoms with Crippen LogP contribution in [0, 0.1) is 0 Å². The van der Waals surface area contributed by atoms with Crippen molar-refractivity contribution in [2.45, 2.75) is 37.5 Å². The van der Waals surface area contributed by atoms with E-state index < -0.39 is 10.0 Å². The molecule has 6 nitrogen and oxygen atoms in total. The van der Waals surface area contributed by atoms with Crippen molar-refractivity contribution in [2.75, 3.05) is 19.7 Å². The third kappa shape index (κ3) is 5.75. The van der Waals surface area contributed by atoms with Gasteiger partial charge >= 0.3 is 0 Å². The second kappa shape index (κ2) is 7.71. The minimum absolute atomic E-state index is 0.0145. The van der Waals surface area contributed by atoms with Crippen molar-refractivity contribution in [3.63, 3.8) is 0 Å². The minimum atomic E-state index is -3.62. The Morgan fingerprint density at radius 2 is 1.73 bits per heavy atom. The molecule has 0 aromatic heterocycles. The summed E-state index contributed by atoms with van der Waals surface area (Å²) in [7, 11) is -3.62. The van der Waals surface area contributed by atoms with Crippen LogP contribution < -0.4 is 10.0 Å². The lowest BCUT2D eigenvalue weighted by Gasteiger charge is -2.19. The molecule has 0 aliphatic carbocycles. The van der Waals surface area contributed by atoms with Crippen LogP contribution in [0.5, 0.6) is 0 Å². The van der Waals surface area contributed by atoms with Gasteiger partial charge in [0.05, 0.1) is 11.5 Å². The lowest BCUT2D eigenvalue weighted by Crippen LogP contribution is -2.32. The number of rotatable bonds is 7. The molecular weight excluding hydrogens is 304 g/mol. The summed E-state index contributed by atoms with van der Waals surface area (Å²) in [6.45, 7) is 6.21. The van der Waals surface area contributed by atoms with E-state index in [1.807, 2.05) is 0 Å². The van der Waals surface area contributed by atoms with Crippen molar-refractivity contribution >= 4 is 15.9 Å². The Kier molecular flexibility index (Phi) is 6.52. The fraction of sp³-hybridized carbons (Fsp3) is 0.533. The average molecular weight is 328 g/mol. The first-order chi connectivity index (χ1) is 10.2. The summed E-state index contributed by atoms with van der Waals surface area (Å²) in [5.74, 6) is -0.306. The van der Waals surface area contributed by atoms with E-state index >= 15 is 0 Å². The van der Waals surface area contributed by atoms with Crippen LogP contribution in [0.4, 0.5) is 0 Å². The molecule has 0 bridgehead atoms. The molecule has 22 heavy (non-hydrogen) atoms. The smallest absolute Gasteiger partial charge is 0.240 e. The van der Waals surface area contributed by atoms with Gasteiger partial charge in [-0.1, -0.05) is 32.9 Å². The summed E-state index contributed by atoms with van der Waals surface area (Å²) in [5.41, 5.74) is 1.01. The van der Waals surface area contributed by atoms with E-state index in [0.29, 0.717) is 0 Å². The molecule has 0 radical (unpaired) electrons. The Bertz CT molecular complexity index is 589. The first-order valence-electron chi connectivity index (χ1n) is 7.14. The number of hydrogen-bond acceptors (Lipinski definition) is 4. The zero-order valence-corrected chi connectivity index (χ0v) is 14.0. The topological polar surface area (TPSA) is 95.5 Å². The minimum Gasteiger partial charge on any atom is -0.395 e. The van der Waals surface area contributed by atoms with Crippen molar-refractivity contribution in [3.05, 3.63) is 29.8 Å². The molecule has 7 heteroatoms. The highest BCUT2D eigenvalue weighted by Gasteiger charge is 2.17. The number of amides is 1. The monoisotopic (exact) mass is 328 g/mol. The van der Waals surface area contributed by atoms with Gasteiger partial charge in [-0.25, -0.2) is 13.1 Å². The molecule has 1 aromatic rings. The number of aliphatic hydroxyl groups is 1. The summed E-state index contributed by atoms with van der Waals surface area (Å²) < 4.78 is 26.6. The Hall–Kier alpha value is -1.44. The fourth-order valence-electron chi connectivity index (χ4n) is 1.80. The lowest BCUT2D eigenvalue weighted by molar-refractivity contribution is -0.121. The lowest BCUT2D eigenvalue weighted by atomic mass is 9.87. The van der Waals surface area contributed by atoms with E-state index in [1.54, 1.807) is 24.3 Å². The SMILES string of the molecule is CC(C)(C)c1ccc(S(=O)(=O)NCCC(=O)NCCO)cc1. The van der Waals surface area contributed by atoms with Crippen molar-refractivity contribution in [3.8, 4) is 0 Å². The molecule has 0 aliphatic heterocycles. The maximum absolute atomic E-state index is 12.1. The number of nitrogens with one attached hydrogen (secondary N) is 2. The van der Waals surface area contributed by atoms with Gasteiger partial charge in [-0.15, -0.1) is 0 Å². The highest BCUT2D eigenvalue weighted by Crippen LogP contribution is 2.23. The summed E-state index contributed by atoms with van der Waals surface area (Å²) >= 11 is 0. The molecular formula is C15H24N2O4S. The fourth-order valence-corrected chi connectivity index (χ4v) is 2.83. The Balaban J connectivity index is 2.61. The standard InChI is InChI=1S/C15H24N2O4S/c1-15(2,3)12-4-6-13(7-5-12)22(20,21)17-9-8-14(19)16-10-11-18/h4-7,17-18H,8-11H2,1-3H3,(H,16,19). The maximum atomic E-state index is 12.1. The van der Waals surface area contributed by atoms with Crippen molar-refractivity contribution in [1.29, 1.82) is 0 Å². The molecule has 0 atom stereocenters. The van der Waals surface area contributed by atoms with Gasteiger partial charge in [0.15, 0.2) is 0 Å². The average Bonchev–Trinajstić information content (AvgIpc) is 2.44. The first kappa shape index (κ1) is 18.6. The molecule has 0 unspecified atom stereocenters. The largest absolute Gasteiger partial charge is 0.395 e. The van der Waals surface area contributed by atoms with Crippen LogP contribution in [-0.2, 0) is 20.2 Å². The number of hydrogen-bond donors (Lipinski definition) is 3. The summed E-state index contributed by atoms with van der Waals surface area (Å²) in [6, 6.07) is 6.72. The van der Waals surface area contributed by atoms with Crippen LogP contribution in [0.2, 0.25) is 0 Å². The van der Waals surface area contributed by atoms with Gasteiger partial charge in [0.25, 0.3) is 0 Å². The zero-order chi connectivity index (χ0) is 16.8. The third-order valence-electron chi connectivity index (χ3n) is 3.11. The second-order valence-electron chi connectivity index (χ2n) is 6.00. The van der Waals surface area contributed by atoms with Crippen molar-refractivity contribution < 1.29 is 18.3 Å². The normalized spacial score (nSPS) is 12.2. The Morgan fingerprint density at radius 3 is 2.23 bits per heavy atom. The number of carbonyl (C=O) groups is 1. The molecule has 0 spiro atoms. The van der Waals surface area contributed by atoms with Crippen LogP contribution in [0.15, 0.2) is 29.2 Å². The Morgan fingerprint density at radius 1 is 1.14 bits per heavy atom. The van der Waals surface area contributed by atoms with Crippen LogP contribution in [0.3, 0.4) is 0 Å². The molecule has 1 amide bonds. The number of sulfonamides is 1. The molecule has 124 valence electrons. The predicted octanol–water partition coefficient (Wildman–Crippen LogP) is 0.761. The van der Waals surface area contributed by atoms with Gasteiger partial charge in [0.2, 0.25) is 15.9 Å². The van der Waals surface area contributed by atoms with Crippen LogP contribution in [0.1, 0.15) is 32.8 Å². The highest BCUT2D eigenvalue weighted by atomic mass is 32.2. The van der Waals surface area contributed by atoms with E-state index in [9.17, 15) is 13.2 Å². The van der Waals surface area contributed by atoms with Gasteiger partial charge in [0.1, 0.15) is 0 Å². The third-order valence-corrected chi connectivity index (χ3v) is 4.59. The summed E-state index contributed by atoms with van der Waals surface area (Å²) in [4.78, 5) is 11.5.